The molecule has 1 fully saturated rings. The van der Waals surface area contributed by atoms with E-state index in [-0.39, 0.29) is 12.6 Å². The summed E-state index contributed by atoms with van der Waals surface area (Å²) in [5.74, 6) is 0. The molecule has 0 aliphatic heterocycles. The summed E-state index contributed by atoms with van der Waals surface area (Å²) < 4.78 is 26.6. The van der Waals surface area contributed by atoms with Crippen LogP contribution in [0.3, 0.4) is 0 Å². The monoisotopic (exact) mass is 303 g/mol. The van der Waals surface area contributed by atoms with Gasteiger partial charge in [-0.3, -0.25) is 0 Å². The lowest BCUT2D eigenvalue weighted by molar-refractivity contribution is 0.285. The van der Waals surface area contributed by atoms with E-state index in [9.17, 15) is 8.42 Å². The fourth-order valence-electron chi connectivity index (χ4n) is 2.56. The van der Waals surface area contributed by atoms with E-state index in [1.165, 1.54) is 28.5 Å². The maximum atomic E-state index is 12.5. The van der Waals surface area contributed by atoms with Crippen molar-refractivity contribution in [2.45, 2.75) is 56.1 Å². The van der Waals surface area contributed by atoms with Crippen LogP contribution in [0.15, 0.2) is 16.3 Å². The molecule has 0 spiro atoms. The average molecular weight is 303 g/mol. The number of hydrogen-bond donors (Lipinski definition) is 1. The third-order valence-electron chi connectivity index (χ3n) is 3.80. The molecule has 1 saturated carbocycles. The molecule has 1 N–H and O–H groups in total. The topological polar surface area (TPSA) is 57.6 Å². The van der Waals surface area contributed by atoms with Crippen LogP contribution in [0.1, 0.15) is 43.4 Å². The van der Waals surface area contributed by atoms with Gasteiger partial charge in [0.15, 0.2) is 0 Å². The fourth-order valence-corrected chi connectivity index (χ4v) is 5.10. The Bertz CT molecular complexity index is 502. The number of aliphatic hydroxyl groups excluding tert-OH is 1. The second-order valence-corrected chi connectivity index (χ2v) is 8.07. The highest BCUT2D eigenvalue weighted by atomic mass is 32.2. The molecule has 0 radical (unpaired) electrons. The number of nitrogens with zero attached hydrogens (tertiary/aromatic N) is 1. The molecule has 1 heterocycles. The van der Waals surface area contributed by atoms with Crippen molar-refractivity contribution in [2.75, 3.05) is 7.05 Å². The van der Waals surface area contributed by atoms with Crippen molar-refractivity contribution in [2.24, 2.45) is 0 Å². The molecule has 0 unspecified atom stereocenters. The summed E-state index contributed by atoms with van der Waals surface area (Å²) in [4.78, 5) is 1.00. The summed E-state index contributed by atoms with van der Waals surface area (Å²) in [5.41, 5.74) is 0. The lowest BCUT2D eigenvalue weighted by atomic mass is 10.1. The molecule has 0 amide bonds. The Morgan fingerprint density at radius 1 is 1.32 bits per heavy atom. The predicted molar refractivity (Wildman–Crippen MR) is 76.7 cm³/mol. The van der Waals surface area contributed by atoms with Crippen molar-refractivity contribution < 1.29 is 13.5 Å². The highest BCUT2D eigenvalue weighted by molar-refractivity contribution is 7.89. The minimum absolute atomic E-state index is 0.104. The van der Waals surface area contributed by atoms with Crippen molar-refractivity contribution in [3.05, 3.63) is 16.3 Å². The van der Waals surface area contributed by atoms with Crippen LogP contribution in [0.4, 0.5) is 0 Å². The molecule has 4 nitrogen and oxygen atoms in total. The summed E-state index contributed by atoms with van der Waals surface area (Å²) in [5, 5.41) is 10.7. The van der Waals surface area contributed by atoms with E-state index in [1.54, 1.807) is 18.5 Å². The summed E-state index contributed by atoms with van der Waals surface area (Å²) in [6.07, 6.45) is 6.53. The Balaban J connectivity index is 2.17. The van der Waals surface area contributed by atoms with E-state index in [1.807, 2.05) is 0 Å². The molecule has 1 aliphatic rings. The zero-order valence-electron chi connectivity index (χ0n) is 11.2. The van der Waals surface area contributed by atoms with Gasteiger partial charge in [-0.15, -0.1) is 11.3 Å². The van der Waals surface area contributed by atoms with Crippen molar-refractivity contribution in [3.63, 3.8) is 0 Å². The van der Waals surface area contributed by atoms with Crippen molar-refractivity contribution in [1.82, 2.24) is 4.31 Å². The molecule has 0 atom stereocenters. The van der Waals surface area contributed by atoms with E-state index < -0.39 is 10.0 Å². The zero-order chi connectivity index (χ0) is 13.9. The van der Waals surface area contributed by atoms with Crippen LogP contribution in [-0.4, -0.2) is 30.9 Å². The quantitative estimate of drug-likeness (QED) is 0.870. The third kappa shape index (κ3) is 3.37. The summed E-state index contributed by atoms with van der Waals surface area (Å²) in [7, 11) is -1.73. The van der Waals surface area contributed by atoms with E-state index in [0.29, 0.717) is 9.77 Å². The van der Waals surface area contributed by atoms with E-state index in [4.69, 9.17) is 5.11 Å². The largest absolute Gasteiger partial charge is 0.391 e. The van der Waals surface area contributed by atoms with Crippen LogP contribution in [0.2, 0.25) is 0 Å². The molecule has 0 aromatic carbocycles. The Kier molecular flexibility index (Phi) is 5.00. The van der Waals surface area contributed by atoms with Crippen LogP contribution in [-0.2, 0) is 16.6 Å². The molecule has 108 valence electrons. The molecule has 1 aliphatic carbocycles. The van der Waals surface area contributed by atoms with Gasteiger partial charge in [-0.2, -0.15) is 4.31 Å². The average Bonchev–Trinajstić information content (AvgIpc) is 2.74. The normalized spacial score (nSPS) is 18.7. The van der Waals surface area contributed by atoms with E-state index in [0.717, 1.165) is 25.7 Å². The molecule has 19 heavy (non-hydrogen) atoms. The number of aliphatic hydroxyl groups is 1. The van der Waals surface area contributed by atoms with Crippen LogP contribution >= 0.6 is 11.3 Å². The number of rotatable bonds is 4. The van der Waals surface area contributed by atoms with Crippen LogP contribution in [0, 0.1) is 0 Å². The number of hydrogen-bond acceptors (Lipinski definition) is 4. The van der Waals surface area contributed by atoms with Crippen molar-refractivity contribution in [3.8, 4) is 0 Å². The van der Waals surface area contributed by atoms with Gasteiger partial charge in [0.2, 0.25) is 10.0 Å². The molecular formula is C13H21NO3S2. The minimum atomic E-state index is -3.41. The second kappa shape index (κ2) is 6.35. The minimum Gasteiger partial charge on any atom is -0.391 e. The van der Waals surface area contributed by atoms with Gasteiger partial charge in [-0.25, -0.2) is 8.42 Å². The molecule has 6 heteroatoms. The summed E-state index contributed by atoms with van der Waals surface area (Å²) in [6.45, 7) is -0.104. The van der Waals surface area contributed by atoms with Gasteiger partial charge in [0.1, 0.15) is 0 Å². The van der Waals surface area contributed by atoms with Crippen molar-refractivity contribution >= 4 is 21.4 Å². The van der Waals surface area contributed by atoms with Crippen LogP contribution in [0.25, 0.3) is 0 Å². The molecule has 1 aromatic rings. The highest BCUT2D eigenvalue weighted by Gasteiger charge is 2.29. The van der Waals surface area contributed by atoms with Crippen molar-refractivity contribution in [1.29, 1.82) is 0 Å². The lowest BCUT2D eigenvalue weighted by Gasteiger charge is -2.25. The van der Waals surface area contributed by atoms with E-state index >= 15 is 0 Å². The molecule has 2 rings (SSSR count). The SMILES string of the molecule is CN(C1CCCCCC1)S(=O)(=O)c1csc(CO)c1. The van der Waals surface area contributed by atoms with Gasteiger partial charge in [0.05, 0.1) is 11.5 Å². The first-order valence-electron chi connectivity index (χ1n) is 6.72. The van der Waals surface area contributed by atoms with Gasteiger partial charge in [-0.05, 0) is 18.9 Å². The molecule has 1 aromatic heterocycles. The molecular weight excluding hydrogens is 282 g/mol. The third-order valence-corrected chi connectivity index (χ3v) is 6.76. The maximum Gasteiger partial charge on any atom is 0.243 e. The Hall–Kier alpha value is -0.430. The van der Waals surface area contributed by atoms with Crippen LogP contribution in [0.5, 0.6) is 0 Å². The number of thiophene rings is 1. The van der Waals surface area contributed by atoms with Gasteiger partial charge < -0.3 is 5.11 Å². The van der Waals surface area contributed by atoms with Crippen LogP contribution < -0.4 is 0 Å². The highest BCUT2D eigenvalue weighted by Crippen LogP contribution is 2.28. The lowest BCUT2D eigenvalue weighted by Crippen LogP contribution is -2.36. The first-order valence-corrected chi connectivity index (χ1v) is 9.04. The Morgan fingerprint density at radius 2 is 1.95 bits per heavy atom. The summed E-state index contributed by atoms with van der Waals surface area (Å²) >= 11 is 1.29. The van der Waals surface area contributed by atoms with E-state index in [2.05, 4.69) is 0 Å². The standard InChI is InChI=1S/C13H21NO3S2/c1-14(11-6-4-2-3-5-7-11)19(16,17)13-8-12(9-15)18-10-13/h8,10-11,15H,2-7,9H2,1H3. The summed E-state index contributed by atoms with van der Waals surface area (Å²) in [6, 6.07) is 1.69. The first-order chi connectivity index (χ1) is 9.05. The first kappa shape index (κ1) is 15.0. The molecule has 0 bridgehead atoms. The van der Waals surface area contributed by atoms with Gasteiger partial charge >= 0.3 is 0 Å². The zero-order valence-corrected chi connectivity index (χ0v) is 12.8. The van der Waals surface area contributed by atoms with Gasteiger partial charge in [-0.1, -0.05) is 25.7 Å². The number of sulfonamides is 1. The maximum absolute atomic E-state index is 12.5. The van der Waals surface area contributed by atoms with Gasteiger partial charge in [0, 0.05) is 23.3 Å². The second-order valence-electron chi connectivity index (χ2n) is 5.07. The Labute approximate surface area is 119 Å². The fraction of sp³-hybridized carbons (Fsp3) is 0.692. The smallest absolute Gasteiger partial charge is 0.243 e. The predicted octanol–water partition coefficient (Wildman–Crippen LogP) is 2.58. The Morgan fingerprint density at radius 3 is 2.47 bits per heavy atom. The van der Waals surface area contributed by atoms with Gasteiger partial charge in [0.25, 0.3) is 0 Å². The molecule has 0 saturated heterocycles.